The molecule has 154 valence electrons. The Morgan fingerprint density at radius 3 is 2.72 bits per heavy atom. The summed E-state index contributed by atoms with van der Waals surface area (Å²) in [6.45, 7) is 5.43. The van der Waals surface area contributed by atoms with Gasteiger partial charge in [-0.2, -0.15) is 0 Å². The second-order valence-corrected chi connectivity index (χ2v) is 7.46. The Labute approximate surface area is 171 Å². The minimum absolute atomic E-state index is 0.0462. The van der Waals surface area contributed by atoms with E-state index < -0.39 is 0 Å². The van der Waals surface area contributed by atoms with Gasteiger partial charge in [0.2, 0.25) is 0 Å². The van der Waals surface area contributed by atoms with Gasteiger partial charge in [-0.25, -0.2) is 4.98 Å². The normalized spacial score (nSPS) is 11.0. The number of hydrogen-bond donors (Lipinski definition) is 2. The lowest BCUT2D eigenvalue weighted by atomic mass is 10.2. The number of likely N-dealkylation sites (N-methyl/N-ethyl adjacent to an activating group) is 2. The maximum absolute atomic E-state index is 12.8. The predicted octanol–water partition coefficient (Wildman–Crippen LogP) is 3.60. The highest BCUT2D eigenvalue weighted by atomic mass is 16.5. The van der Waals surface area contributed by atoms with Crippen LogP contribution in [0.1, 0.15) is 24.3 Å². The van der Waals surface area contributed by atoms with Gasteiger partial charge in [-0.3, -0.25) is 4.79 Å². The van der Waals surface area contributed by atoms with Gasteiger partial charge in [-0.05, 0) is 50.2 Å². The zero-order valence-corrected chi connectivity index (χ0v) is 17.7. The number of rotatable bonds is 8. The molecule has 0 aliphatic rings. The fraction of sp³-hybridized carbons (Fsp3) is 0.364. The van der Waals surface area contributed by atoms with Gasteiger partial charge in [0.15, 0.2) is 5.82 Å². The summed E-state index contributed by atoms with van der Waals surface area (Å²) in [5, 5.41) is 4.37. The standard InChI is InChI=1S/C22H29N5O2/c1-15(2)24-19-7-6-10-23-21(19)26(3)11-12-27(4)22(28)20-14-16-13-17(29-5)8-9-18(16)25-20/h6-10,13-15,24-25H,11-12H2,1-5H3. The van der Waals surface area contributed by atoms with Gasteiger partial charge in [0.25, 0.3) is 5.91 Å². The molecular formula is C22H29N5O2. The van der Waals surface area contributed by atoms with E-state index >= 15 is 0 Å². The molecule has 0 spiro atoms. The first-order chi connectivity index (χ1) is 13.9. The fourth-order valence-electron chi connectivity index (χ4n) is 3.19. The summed E-state index contributed by atoms with van der Waals surface area (Å²) >= 11 is 0. The number of carbonyl (C=O) groups is 1. The van der Waals surface area contributed by atoms with Crippen LogP contribution in [0.3, 0.4) is 0 Å². The van der Waals surface area contributed by atoms with E-state index in [0.717, 1.165) is 28.2 Å². The molecule has 0 aliphatic heterocycles. The third-order valence-corrected chi connectivity index (χ3v) is 4.77. The molecule has 0 saturated heterocycles. The molecule has 3 aromatic rings. The van der Waals surface area contributed by atoms with Gasteiger partial charge in [0.05, 0.1) is 12.8 Å². The molecule has 0 unspecified atom stereocenters. The zero-order chi connectivity index (χ0) is 21.0. The summed E-state index contributed by atoms with van der Waals surface area (Å²) in [6, 6.07) is 11.8. The van der Waals surface area contributed by atoms with Crippen LogP contribution in [0.4, 0.5) is 11.5 Å². The lowest BCUT2D eigenvalue weighted by molar-refractivity contribution is 0.0794. The first kappa shape index (κ1) is 20.5. The molecule has 0 radical (unpaired) electrons. The van der Waals surface area contributed by atoms with Crippen LogP contribution in [0.15, 0.2) is 42.6 Å². The molecule has 0 atom stereocenters. The molecule has 2 heterocycles. The van der Waals surface area contributed by atoms with Crippen molar-refractivity contribution in [3.05, 3.63) is 48.3 Å². The fourth-order valence-corrected chi connectivity index (χ4v) is 3.19. The number of ether oxygens (including phenoxy) is 1. The van der Waals surface area contributed by atoms with E-state index in [1.54, 1.807) is 18.2 Å². The number of carbonyl (C=O) groups excluding carboxylic acids is 1. The Morgan fingerprint density at radius 1 is 1.21 bits per heavy atom. The average molecular weight is 396 g/mol. The highest BCUT2D eigenvalue weighted by Crippen LogP contribution is 2.23. The lowest BCUT2D eigenvalue weighted by Crippen LogP contribution is -2.35. The number of fused-ring (bicyclic) bond motifs is 1. The number of amides is 1. The first-order valence-electron chi connectivity index (χ1n) is 9.74. The molecule has 1 amide bonds. The van der Waals surface area contributed by atoms with Crippen molar-refractivity contribution in [2.45, 2.75) is 19.9 Å². The maximum Gasteiger partial charge on any atom is 0.270 e. The monoisotopic (exact) mass is 395 g/mol. The van der Waals surface area contributed by atoms with E-state index in [2.05, 4.69) is 34.0 Å². The molecule has 0 bridgehead atoms. The van der Waals surface area contributed by atoms with Gasteiger partial charge in [-0.1, -0.05) is 0 Å². The lowest BCUT2D eigenvalue weighted by Gasteiger charge is -2.25. The van der Waals surface area contributed by atoms with E-state index in [-0.39, 0.29) is 5.91 Å². The number of aromatic nitrogens is 2. The van der Waals surface area contributed by atoms with Gasteiger partial charge in [0, 0.05) is 50.3 Å². The van der Waals surface area contributed by atoms with Crippen molar-refractivity contribution in [3.8, 4) is 5.75 Å². The number of aromatic amines is 1. The van der Waals surface area contributed by atoms with Crippen molar-refractivity contribution < 1.29 is 9.53 Å². The van der Waals surface area contributed by atoms with Crippen LogP contribution in [-0.4, -0.2) is 61.1 Å². The van der Waals surface area contributed by atoms with Crippen molar-refractivity contribution in [2.75, 3.05) is 44.5 Å². The number of benzene rings is 1. The summed E-state index contributed by atoms with van der Waals surface area (Å²) in [5.74, 6) is 1.60. The third-order valence-electron chi connectivity index (χ3n) is 4.77. The smallest absolute Gasteiger partial charge is 0.270 e. The Bertz CT molecular complexity index is 982. The molecular weight excluding hydrogens is 366 g/mol. The van der Waals surface area contributed by atoms with Gasteiger partial charge >= 0.3 is 0 Å². The Hall–Kier alpha value is -3.22. The summed E-state index contributed by atoms with van der Waals surface area (Å²) in [4.78, 5) is 24.3. The Kier molecular flexibility index (Phi) is 6.26. The third kappa shape index (κ3) is 4.80. The molecule has 2 aromatic heterocycles. The number of nitrogens with zero attached hydrogens (tertiary/aromatic N) is 3. The molecule has 29 heavy (non-hydrogen) atoms. The number of H-pyrrole nitrogens is 1. The molecule has 2 N–H and O–H groups in total. The highest BCUT2D eigenvalue weighted by molar-refractivity contribution is 5.98. The summed E-state index contributed by atoms with van der Waals surface area (Å²) in [7, 11) is 5.43. The van der Waals surface area contributed by atoms with Crippen molar-refractivity contribution in [1.29, 1.82) is 0 Å². The van der Waals surface area contributed by atoms with Gasteiger partial charge < -0.3 is 24.8 Å². The minimum atomic E-state index is -0.0462. The SMILES string of the molecule is COc1ccc2[nH]c(C(=O)N(C)CCN(C)c3ncccc3NC(C)C)cc2c1. The van der Waals surface area contributed by atoms with Gasteiger partial charge in [0.1, 0.15) is 11.4 Å². The second-order valence-electron chi connectivity index (χ2n) is 7.46. The molecule has 0 aliphatic carbocycles. The van der Waals surface area contributed by atoms with Crippen molar-refractivity contribution in [3.63, 3.8) is 0 Å². The van der Waals surface area contributed by atoms with Crippen LogP contribution in [0, 0.1) is 0 Å². The summed E-state index contributed by atoms with van der Waals surface area (Å²) in [5.41, 5.74) is 2.47. The Morgan fingerprint density at radius 2 is 2.00 bits per heavy atom. The number of nitrogens with one attached hydrogen (secondary N) is 2. The number of pyridine rings is 1. The summed E-state index contributed by atoms with van der Waals surface area (Å²) < 4.78 is 5.25. The average Bonchev–Trinajstić information content (AvgIpc) is 3.14. The van der Waals surface area contributed by atoms with Crippen molar-refractivity contribution in [2.24, 2.45) is 0 Å². The predicted molar refractivity (Wildman–Crippen MR) is 118 cm³/mol. The van der Waals surface area contributed by atoms with E-state index in [4.69, 9.17) is 4.74 Å². The molecule has 7 nitrogen and oxygen atoms in total. The largest absolute Gasteiger partial charge is 0.497 e. The quantitative estimate of drug-likeness (QED) is 0.610. The van der Waals surface area contributed by atoms with Crippen LogP contribution in [0.2, 0.25) is 0 Å². The van der Waals surface area contributed by atoms with Crippen molar-refractivity contribution in [1.82, 2.24) is 14.9 Å². The van der Waals surface area contributed by atoms with E-state index in [9.17, 15) is 4.79 Å². The van der Waals surface area contributed by atoms with Crippen LogP contribution >= 0.6 is 0 Å². The molecule has 0 fully saturated rings. The zero-order valence-electron chi connectivity index (χ0n) is 17.7. The topological polar surface area (TPSA) is 73.5 Å². The van der Waals surface area contributed by atoms with E-state index in [0.29, 0.717) is 24.8 Å². The molecule has 1 aromatic carbocycles. The molecule has 0 saturated carbocycles. The second kappa shape index (κ2) is 8.86. The number of methoxy groups -OCH3 is 1. The number of hydrogen-bond acceptors (Lipinski definition) is 5. The van der Waals surface area contributed by atoms with Gasteiger partial charge in [-0.15, -0.1) is 0 Å². The molecule has 3 rings (SSSR count). The van der Waals surface area contributed by atoms with E-state index in [1.807, 2.05) is 50.5 Å². The number of anilines is 2. The van der Waals surface area contributed by atoms with Crippen LogP contribution in [-0.2, 0) is 0 Å². The molecule has 7 heteroatoms. The van der Waals surface area contributed by atoms with Crippen LogP contribution < -0.4 is 15.0 Å². The summed E-state index contributed by atoms with van der Waals surface area (Å²) in [6.07, 6.45) is 1.78. The van der Waals surface area contributed by atoms with E-state index in [1.165, 1.54) is 0 Å². The first-order valence-corrected chi connectivity index (χ1v) is 9.74. The van der Waals surface area contributed by atoms with Crippen LogP contribution in [0.5, 0.6) is 5.75 Å². The minimum Gasteiger partial charge on any atom is -0.497 e. The maximum atomic E-state index is 12.8. The highest BCUT2D eigenvalue weighted by Gasteiger charge is 2.16. The van der Waals surface area contributed by atoms with Crippen molar-refractivity contribution >= 4 is 28.3 Å². The van der Waals surface area contributed by atoms with Crippen LogP contribution in [0.25, 0.3) is 10.9 Å². The Balaban J connectivity index is 1.66.